The number of benzene rings is 3. The third-order valence-electron chi connectivity index (χ3n) is 6.33. The summed E-state index contributed by atoms with van der Waals surface area (Å²) in [7, 11) is 0. The third-order valence-corrected chi connectivity index (χ3v) is 6.86. The van der Waals surface area contributed by atoms with Crippen molar-refractivity contribution in [1.82, 2.24) is 24.9 Å². The lowest BCUT2D eigenvalue weighted by Crippen LogP contribution is -2.12. The predicted molar refractivity (Wildman–Crippen MR) is 159 cm³/mol. The molecule has 0 radical (unpaired) electrons. The van der Waals surface area contributed by atoms with Gasteiger partial charge in [0.05, 0.1) is 28.4 Å². The Kier molecular flexibility index (Phi) is 6.83. The van der Waals surface area contributed by atoms with Crippen LogP contribution < -0.4 is 15.4 Å². The summed E-state index contributed by atoms with van der Waals surface area (Å²) in [6.45, 7) is 4.17. The molecule has 0 aliphatic heterocycles. The Hall–Kier alpha value is -4.83. The highest BCUT2D eigenvalue weighted by atomic mass is 79.9. The topological polar surface area (TPSA) is 118 Å². The number of carbonyl (C=O) groups is 1. The largest absolute Gasteiger partial charge is 0.455 e. The Morgan fingerprint density at radius 2 is 1.80 bits per heavy atom. The van der Waals surface area contributed by atoms with Gasteiger partial charge in [0.25, 0.3) is 5.91 Å². The average Bonchev–Trinajstić information content (AvgIpc) is 3.43. The number of hydrogen-bond donors (Lipinski definition) is 3. The third kappa shape index (κ3) is 5.34. The summed E-state index contributed by atoms with van der Waals surface area (Å²) in [6, 6.07) is 22.1. The molecule has 0 atom stereocenters. The molecule has 3 heterocycles. The van der Waals surface area contributed by atoms with E-state index >= 15 is 0 Å². The van der Waals surface area contributed by atoms with E-state index in [-0.39, 0.29) is 11.8 Å². The van der Waals surface area contributed by atoms with Crippen molar-refractivity contribution in [3.05, 3.63) is 101 Å². The van der Waals surface area contributed by atoms with Gasteiger partial charge in [0.1, 0.15) is 17.9 Å². The molecule has 3 N–H and O–H groups in total. The second kappa shape index (κ2) is 10.7. The molecule has 10 heteroatoms. The number of nitrogens with zero attached hydrogens (tertiary/aromatic N) is 4. The summed E-state index contributed by atoms with van der Waals surface area (Å²) in [5.41, 5.74) is 4.91. The molecule has 6 aromatic rings. The maximum absolute atomic E-state index is 13.2. The molecule has 0 aliphatic rings. The zero-order valence-corrected chi connectivity index (χ0v) is 23.2. The van der Waals surface area contributed by atoms with Gasteiger partial charge in [0.2, 0.25) is 0 Å². The van der Waals surface area contributed by atoms with E-state index in [4.69, 9.17) is 9.72 Å². The molecule has 0 spiro atoms. The van der Waals surface area contributed by atoms with Crippen LogP contribution in [0.4, 0.5) is 17.2 Å². The summed E-state index contributed by atoms with van der Waals surface area (Å²) in [6.07, 6.45) is 3.11. The van der Waals surface area contributed by atoms with Crippen molar-refractivity contribution in [2.24, 2.45) is 0 Å². The highest BCUT2D eigenvalue weighted by Gasteiger charge is 2.15. The lowest BCUT2D eigenvalue weighted by Gasteiger charge is -2.16. The fourth-order valence-corrected chi connectivity index (χ4v) is 4.47. The Morgan fingerprint density at radius 1 is 0.950 bits per heavy atom. The van der Waals surface area contributed by atoms with Crippen molar-refractivity contribution < 1.29 is 9.53 Å². The minimum atomic E-state index is -0.258. The molecule has 0 fully saturated rings. The summed E-state index contributed by atoms with van der Waals surface area (Å²) in [5, 5.41) is 7.05. The number of ether oxygens (including phenoxy) is 1. The van der Waals surface area contributed by atoms with E-state index in [9.17, 15) is 4.79 Å². The van der Waals surface area contributed by atoms with Gasteiger partial charge in [0.15, 0.2) is 11.4 Å². The number of rotatable bonds is 7. The maximum atomic E-state index is 13.2. The number of aromatic amines is 1. The molecular weight excluding hydrogens is 570 g/mol. The van der Waals surface area contributed by atoms with E-state index in [1.807, 2.05) is 54.6 Å². The predicted octanol–water partition coefficient (Wildman–Crippen LogP) is 7.58. The lowest BCUT2D eigenvalue weighted by molar-refractivity contribution is 0.102. The van der Waals surface area contributed by atoms with Crippen molar-refractivity contribution >= 4 is 61.1 Å². The van der Waals surface area contributed by atoms with Gasteiger partial charge >= 0.3 is 0 Å². The molecule has 3 aromatic heterocycles. The smallest absolute Gasteiger partial charge is 0.255 e. The van der Waals surface area contributed by atoms with E-state index < -0.39 is 0 Å². The molecule has 0 saturated carbocycles. The van der Waals surface area contributed by atoms with Crippen LogP contribution in [0.25, 0.3) is 22.1 Å². The van der Waals surface area contributed by atoms with Gasteiger partial charge in [-0.05, 0) is 72.6 Å². The van der Waals surface area contributed by atoms with Crippen molar-refractivity contribution in [3.63, 3.8) is 0 Å². The first-order valence-corrected chi connectivity index (χ1v) is 13.4. The van der Waals surface area contributed by atoms with Gasteiger partial charge in [-0.25, -0.2) is 19.9 Å². The zero-order valence-electron chi connectivity index (χ0n) is 21.6. The first kappa shape index (κ1) is 25.4. The van der Waals surface area contributed by atoms with Crippen LogP contribution in [0.1, 0.15) is 35.8 Å². The van der Waals surface area contributed by atoms with Crippen LogP contribution in [0.15, 0.2) is 89.9 Å². The van der Waals surface area contributed by atoms with Crippen molar-refractivity contribution in [2.45, 2.75) is 19.8 Å². The van der Waals surface area contributed by atoms with Crippen LogP contribution in [-0.2, 0) is 0 Å². The van der Waals surface area contributed by atoms with Crippen LogP contribution in [0.2, 0.25) is 0 Å². The fraction of sp³-hybridized carbons (Fsp3) is 0.100. The first-order chi connectivity index (χ1) is 19.4. The van der Waals surface area contributed by atoms with E-state index in [1.165, 1.54) is 6.33 Å². The normalized spacial score (nSPS) is 11.2. The van der Waals surface area contributed by atoms with Crippen molar-refractivity contribution in [2.75, 3.05) is 10.6 Å². The summed E-state index contributed by atoms with van der Waals surface area (Å²) in [5.74, 6) is 1.68. The minimum absolute atomic E-state index is 0.258. The number of hydrogen-bond acceptors (Lipinski definition) is 7. The first-order valence-electron chi connectivity index (χ1n) is 12.6. The highest BCUT2D eigenvalue weighted by molar-refractivity contribution is 9.10. The van der Waals surface area contributed by atoms with E-state index in [1.54, 1.807) is 24.5 Å². The van der Waals surface area contributed by atoms with Gasteiger partial charge in [-0.3, -0.25) is 4.79 Å². The molecule has 1 amide bonds. The highest BCUT2D eigenvalue weighted by Crippen LogP contribution is 2.35. The molecule has 3 aromatic carbocycles. The number of amides is 1. The number of pyridine rings is 1. The fourth-order valence-electron chi connectivity index (χ4n) is 4.21. The average molecular weight is 594 g/mol. The van der Waals surface area contributed by atoms with Gasteiger partial charge in [0, 0.05) is 27.5 Å². The van der Waals surface area contributed by atoms with Crippen LogP contribution >= 0.6 is 15.9 Å². The number of nitrogens with one attached hydrogen (secondary N) is 3. The number of anilines is 3. The number of fused-ring (bicyclic) bond motifs is 2. The minimum Gasteiger partial charge on any atom is -0.455 e. The number of H-pyrrole nitrogens is 1. The van der Waals surface area contributed by atoms with Crippen LogP contribution in [0.5, 0.6) is 11.5 Å². The molecule has 9 nitrogen and oxygen atoms in total. The quantitative estimate of drug-likeness (QED) is 0.174. The van der Waals surface area contributed by atoms with Crippen LogP contribution in [0.3, 0.4) is 0 Å². The Morgan fingerprint density at radius 3 is 2.62 bits per heavy atom. The Balaban J connectivity index is 1.37. The van der Waals surface area contributed by atoms with Crippen molar-refractivity contribution in [1.29, 1.82) is 0 Å². The SMILES string of the molecule is CC(C)c1ccc2c(Nc3cc(C(=O)Nc4ccc(Br)cc4)ccc3Oc3ccc4nc[nH]c4c3)ncnc2n1. The number of carbonyl (C=O) groups excluding carboxylic acids is 1. The molecule has 6 rings (SSSR count). The lowest BCUT2D eigenvalue weighted by atomic mass is 10.1. The second-order valence-electron chi connectivity index (χ2n) is 9.46. The summed E-state index contributed by atoms with van der Waals surface area (Å²) in [4.78, 5) is 34.1. The molecule has 0 saturated heterocycles. The van der Waals surface area contributed by atoms with Gasteiger partial charge in [-0.2, -0.15) is 0 Å². The van der Waals surface area contributed by atoms with Gasteiger partial charge in [-0.15, -0.1) is 0 Å². The van der Waals surface area contributed by atoms with Crippen LogP contribution in [0, 0.1) is 0 Å². The van der Waals surface area contributed by atoms with Gasteiger partial charge in [-0.1, -0.05) is 29.8 Å². The van der Waals surface area contributed by atoms with E-state index in [0.29, 0.717) is 39.9 Å². The molecule has 0 aliphatic carbocycles. The molecule has 40 heavy (non-hydrogen) atoms. The number of aromatic nitrogens is 5. The van der Waals surface area contributed by atoms with E-state index in [0.717, 1.165) is 26.6 Å². The van der Waals surface area contributed by atoms with Crippen LogP contribution in [-0.4, -0.2) is 30.8 Å². The van der Waals surface area contributed by atoms with E-state index in [2.05, 4.69) is 60.3 Å². The maximum Gasteiger partial charge on any atom is 0.255 e. The summed E-state index contributed by atoms with van der Waals surface area (Å²) >= 11 is 3.42. The Bertz CT molecular complexity index is 1850. The Labute approximate surface area is 238 Å². The molecule has 0 unspecified atom stereocenters. The van der Waals surface area contributed by atoms with Gasteiger partial charge < -0.3 is 20.4 Å². The standard InChI is InChI=1S/C30H24BrN7O2/c1-17(2)23-11-9-22-28(37-23)34-16-35-29(22)38-26-13-18(30(39)36-20-6-4-19(31)5-7-20)3-12-27(26)40-21-8-10-24-25(14-21)33-15-32-24/h3-17H,1-2H3,(H,32,33)(H,36,39)(H,34,35,37,38). The molecule has 198 valence electrons. The molecular formula is C30H24BrN7O2. The zero-order chi connectivity index (χ0) is 27.6. The van der Waals surface area contributed by atoms with Crippen molar-refractivity contribution in [3.8, 4) is 11.5 Å². The monoisotopic (exact) mass is 593 g/mol. The summed E-state index contributed by atoms with van der Waals surface area (Å²) < 4.78 is 7.21. The number of imidazole rings is 1. The number of halogens is 1. The second-order valence-corrected chi connectivity index (χ2v) is 10.4. The molecule has 0 bridgehead atoms.